The van der Waals surface area contributed by atoms with Crippen molar-refractivity contribution in [3.8, 4) is 0 Å². The summed E-state index contributed by atoms with van der Waals surface area (Å²) in [6, 6.07) is 10.4. The molecule has 0 amide bonds. The average molecular weight is 365 g/mol. The van der Waals surface area contributed by atoms with Crippen molar-refractivity contribution in [2.75, 3.05) is 31.2 Å². The van der Waals surface area contributed by atoms with E-state index in [9.17, 15) is 9.18 Å². The van der Waals surface area contributed by atoms with E-state index in [2.05, 4.69) is 4.98 Å². The zero-order chi connectivity index (χ0) is 18.8. The fraction of sp³-hybridized carbons (Fsp3) is 0.238. The van der Waals surface area contributed by atoms with E-state index in [1.807, 2.05) is 40.6 Å². The van der Waals surface area contributed by atoms with Crippen LogP contribution in [0.3, 0.4) is 0 Å². The minimum Gasteiger partial charge on any atom is -0.378 e. The number of carbonyl (C=O) groups is 1. The van der Waals surface area contributed by atoms with E-state index in [-0.39, 0.29) is 11.6 Å². The lowest BCUT2D eigenvalue weighted by Crippen LogP contribution is -2.36. The summed E-state index contributed by atoms with van der Waals surface area (Å²) in [7, 11) is 0. The maximum atomic E-state index is 14.5. The van der Waals surface area contributed by atoms with Gasteiger partial charge in [-0.05, 0) is 49.4 Å². The van der Waals surface area contributed by atoms with Crippen LogP contribution in [0.5, 0.6) is 0 Å². The molecule has 138 valence electrons. The molecule has 0 bridgehead atoms. The number of imidazole rings is 1. The van der Waals surface area contributed by atoms with Crippen LogP contribution < -0.4 is 4.90 Å². The second kappa shape index (κ2) is 7.32. The number of aromatic nitrogens is 2. The fourth-order valence-corrected chi connectivity index (χ4v) is 3.31. The van der Waals surface area contributed by atoms with Gasteiger partial charge >= 0.3 is 0 Å². The van der Waals surface area contributed by atoms with E-state index >= 15 is 0 Å². The molecular formula is C21H20FN3O2. The molecule has 3 heterocycles. The number of allylic oxidation sites excluding steroid dienone is 1. The molecule has 0 radical (unpaired) electrons. The number of fused-ring (bicyclic) bond motifs is 1. The van der Waals surface area contributed by atoms with Gasteiger partial charge in [-0.2, -0.15) is 0 Å². The molecule has 1 aliphatic heterocycles. The van der Waals surface area contributed by atoms with Gasteiger partial charge in [0.15, 0.2) is 5.78 Å². The Hall–Kier alpha value is -2.99. The molecule has 6 heteroatoms. The number of pyridine rings is 1. The molecule has 0 N–H and O–H groups in total. The monoisotopic (exact) mass is 365 g/mol. The van der Waals surface area contributed by atoms with Crippen molar-refractivity contribution in [2.45, 2.75) is 6.92 Å². The summed E-state index contributed by atoms with van der Waals surface area (Å²) in [4.78, 5) is 18.9. The third-order valence-electron chi connectivity index (χ3n) is 4.73. The van der Waals surface area contributed by atoms with E-state index in [0.29, 0.717) is 43.2 Å². The molecule has 0 aliphatic carbocycles. The Labute approximate surface area is 156 Å². The third-order valence-corrected chi connectivity index (χ3v) is 4.73. The van der Waals surface area contributed by atoms with Crippen LogP contribution in [0.25, 0.3) is 11.6 Å². The smallest absolute Gasteiger partial charge is 0.186 e. The number of carbonyl (C=O) groups excluding carboxylic acids is 1. The highest BCUT2D eigenvalue weighted by Gasteiger charge is 2.16. The van der Waals surface area contributed by atoms with Crippen LogP contribution in [0.1, 0.15) is 21.9 Å². The Bertz CT molecular complexity index is 1020. The first-order valence-electron chi connectivity index (χ1n) is 8.92. The molecule has 1 fully saturated rings. The molecule has 1 aromatic carbocycles. The van der Waals surface area contributed by atoms with Crippen LogP contribution in [0.15, 0.2) is 48.7 Å². The number of hydrogen-bond donors (Lipinski definition) is 0. The standard InChI is InChI=1S/C21H20FN3O2/c1-15-23-18(20-4-2-3-9-25(15)20)6-8-21(26)16-5-7-19(17(22)14-16)24-10-12-27-13-11-24/h2-9,14H,10-13H2,1H3/b8-6+. The van der Waals surface area contributed by atoms with Gasteiger partial charge in [-0.3, -0.25) is 4.79 Å². The summed E-state index contributed by atoms with van der Waals surface area (Å²) in [6.45, 7) is 4.38. The molecule has 0 unspecified atom stereocenters. The molecule has 2 aromatic heterocycles. The number of morpholine rings is 1. The Kier molecular flexibility index (Phi) is 4.73. The van der Waals surface area contributed by atoms with Crippen LogP contribution in [0.2, 0.25) is 0 Å². The fourth-order valence-electron chi connectivity index (χ4n) is 3.31. The number of ether oxygens (including phenoxy) is 1. The molecular weight excluding hydrogens is 345 g/mol. The molecule has 5 nitrogen and oxygen atoms in total. The highest BCUT2D eigenvalue weighted by Crippen LogP contribution is 2.22. The van der Waals surface area contributed by atoms with Gasteiger partial charge in [-0.1, -0.05) is 6.07 Å². The largest absolute Gasteiger partial charge is 0.378 e. The topological polar surface area (TPSA) is 46.8 Å². The van der Waals surface area contributed by atoms with Gasteiger partial charge in [0, 0.05) is 24.8 Å². The van der Waals surface area contributed by atoms with Crippen molar-refractivity contribution in [3.05, 3.63) is 71.6 Å². The van der Waals surface area contributed by atoms with Crippen LogP contribution >= 0.6 is 0 Å². The lowest BCUT2D eigenvalue weighted by Gasteiger charge is -2.29. The number of rotatable bonds is 4. The van der Waals surface area contributed by atoms with Crippen molar-refractivity contribution in [1.29, 1.82) is 0 Å². The minimum absolute atomic E-state index is 0.253. The first kappa shape index (κ1) is 17.4. The number of benzene rings is 1. The van der Waals surface area contributed by atoms with E-state index in [4.69, 9.17) is 4.74 Å². The van der Waals surface area contributed by atoms with Gasteiger partial charge < -0.3 is 14.0 Å². The number of hydrogen-bond acceptors (Lipinski definition) is 4. The van der Waals surface area contributed by atoms with E-state index in [1.54, 1.807) is 18.2 Å². The van der Waals surface area contributed by atoms with Crippen molar-refractivity contribution < 1.29 is 13.9 Å². The molecule has 3 aromatic rings. The van der Waals surface area contributed by atoms with E-state index in [1.165, 1.54) is 12.1 Å². The predicted octanol–water partition coefficient (Wildman–Crippen LogP) is 3.51. The SMILES string of the molecule is Cc1nc(/C=C/C(=O)c2ccc(N3CCOCC3)c(F)c2)c2ccccn12. The van der Waals surface area contributed by atoms with Gasteiger partial charge in [0.25, 0.3) is 0 Å². The number of ketones is 1. The Morgan fingerprint density at radius 3 is 2.81 bits per heavy atom. The van der Waals surface area contributed by atoms with Crippen LogP contribution in [0, 0.1) is 12.7 Å². The first-order valence-corrected chi connectivity index (χ1v) is 8.92. The van der Waals surface area contributed by atoms with Crippen LogP contribution in [-0.4, -0.2) is 41.5 Å². The molecule has 1 aliphatic rings. The summed E-state index contributed by atoms with van der Waals surface area (Å²) < 4.78 is 21.7. The zero-order valence-electron chi connectivity index (χ0n) is 15.1. The van der Waals surface area contributed by atoms with Gasteiger partial charge in [0.2, 0.25) is 0 Å². The summed E-state index contributed by atoms with van der Waals surface area (Å²) in [5, 5.41) is 0. The quantitative estimate of drug-likeness (QED) is 0.524. The van der Waals surface area contributed by atoms with Crippen molar-refractivity contribution in [2.24, 2.45) is 0 Å². The van der Waals surface area contributed by atoms with Crippen molar-refractivity contribution >= 4 is 23.1 Å². The van der Waals surface area contributed by atoms with E-state index in [0.717, 1.165) is 11.3 Å². The van der Waals surface area contributed by atoms with Gasteiger partial charge in [-0.25, -0.2) is 9.37 Å². The summed E-state index contributed by atoms with van der Waals surface area (Å²) in [5.41, 5.74) is 2.47. The molecule has 1 saturated heterocycles. The lowest BCUT2D eigenvalue weighted by molar-refractivity contribution is 0.104. The predicted molar refractivity (Wildman–Crippen MR) is 103 cm³/mol. The summed E-state index contributed by atoms with van der Waals surface area (Å²) in [6.07, 6.45) is 5.05. The van der Waals surface area contributed by atoms with Gasteiger partial charge in [0.1, 0.15) is 11.6 Å². The Morgan fingerprint density at radius 1 is 1.22 bits per heavy atom. The molecule has 0 saturated carbocycles. The Balaban J connectivity index is 1.55. The van der Waals surface area contributed by atoms with Crippen LogP contribution in [0.4, 0.5) is 10.1 Å². The number of halogens is 1. The normalized spacial score (nSPS) is 15.0. The molecule has 0 atom stereocenters. The minimum atomic E-state index is -0.389. The van der Waals surface area contributed by atoms with E-state index < -0.39 is 0 Å². The summed E-state index contributed by atoms with van der Waals surface area (Å²) >= 11 is 0. The molecule has 27 heavy (non-hydrogen) atoms. The van der Waals surface area contributed by atoms with Crippen molar-refractivity contribution in [1.82, 2.24) is 9.38 Å². The zero-order valence-corrected chi connectivity index (χ0v) is 15.1. The van der Waals surface area contributed by atoms with Crippen LogP contribution in [-0.2, 0) is 4.74 Å². The number of anilines is 1. The third kappa shape index (κ3) is 3.48. The average Bonchev–Trinajstić information content (AvgIpc) is 3.03. The number of nitrogens with zero attached hydrogens (tertiary/aromatic N) is 3. The lowest BCUT2D eigenvalue weighted by atomic mass is 10.1. The second-order valence-electron chi connectivity index (χ2n) is 6.46. The first-order chi connectivity index (χ1) is 13.1. The van der Waals surface area contributed by atoms with Gasteiger partial charge in [0.05, 0.1) is 30.1 Å². The maximum absolute atomic E-state index is 14.5. The molecule has 0 spiro atoms. The maximum Gasteiger partial charge on any atom is 0.186 e. The van der Waals surface area contributed by atoms with Gasteiger partial charge in [-0.15, -0.1) is 0 Å². The molecule has 4 rings (SSSR count). The highest BCUT2D eigenvalue weighted by molar-refractivity contribution is 6.07. The second-order valence-corrected chi connectivity index (χ2v) is 6.46. The Morgan fingerprint density at radius 2 is 2.04 bits per heavy atom. The number of aryl methyl sites for hydroxylation is 1. The summed E-state index contributed by atoms with van der Waals surface area (Å²) in [5.74, 6) is 0.204. The highest BCUT2D eigenvalue weighted by atomic mass is 19.1. The van der Waals surface area contributed by atoms with Crippen molar-refractivity contribution in [3.63, 3.8) is 0 Å².